The minimum atomic E-state index is 0.182. The molecule has 4 heterocycles. The summed E-state index contributed by atoms with van der Waals surface area (Å²) in [7, 11) is 2.13. The average Bonchev–Trinajstić information content (AvgIpc) is 2.92. The molecule has 2 aromatic heterocycles. The quantitative estimate of drug-likeness (QED) is 0.686. The lowest BCUT2D eigenvalue weighted by atomic mass is 10.1. The summed E-state index contributed by atoms with van der Waals surface area (Å²) in [4.78, 5) is 21.8. The van der Waals surface area contributed by atoms with Crippen molar-refractivity contribution < 1.29 is 0 Å². The van der Waals surface area contributed by atoms with Gasteiger partial charge in [0.15, 0.2) is 5.16 Å². The highest BCUT2D eigenvalue weighted by Gasteiger charge is 2.25. The Bertz CT molecular complexity index is 703. The molecular weight excluding hydrogens is 266 g/mol. The lowest BCUT2D eigenvalue weighted by Gasteiger charge is -2.21. The molecule has 4 nitrogen and oxygen atoms in total. The fourth-order valence-corrected chi connectivity index (χ4v) is 5.01. The topological polar surface area (TPSA) is 38.1 Å². The van der Waals surface area contributed by atoms with Crippen LogP contribution >= 0.6 is 23.1 Å². The summed E-state index contributed by atoms with van der Waals surface area (Å²) >= 11 is 3.40. The third kappa shape index (κ3) is 1.42. The molecule has 0 aliphatic carbocycles. The molecule has 0 N–H and O–H groups in total. The van der Waals surface area contributed by atoms with E-state index in [9.17, 15) is 4.79 Å². The van der Waals surface area contributed by atoms with Crippen LogP contribution in [0.1, 0.15) is 10.4 Å². The zero-order valence-electron chi connectivity index (χ0n) is 10.1. The van der Waals surface area contributed by atoms with Gasteiger partial charge in [0.1, 0.15) is 4.83 Å². The number of thiophene rings is 1. The first kappa shape index (κ1) is 11.0. The Morgan fingerprint density at radius 3 is 3.11 bits per heavy atom. The van der Waals surface area contributed by atoms with Crippen molar-refractivity contribution in [3.8, 4) is 0 Å². The van der Waals surface area contributed by atoms with Gasteiger partial charge in [0, 0.05) is 30.3 Å². The standard InChI is InChI=1S/C12H13N3OS2/c1-14-3-2-7-8(6-14)18-10-9(7)11(16)15-4-5-17-12(15)13-10/h2-6H2,1H3. The highest BCUT2D eigenvalue weighted by atomic mass is 32.2. The van der Waals surface area contributed by atoms with Crippen LogP contribution in [-0.2, 0) is 19.5 Å². The predicted octanol–water partition coefficient (Wildman–Crippen LogP) is 1.55. The number of aromatic nitrogens is 2. The lowest BCUT2D eigenvalue weighted by Crippen LogP contribution is -2.27. The maximum absolute atomic E-state index is 12.5. The van der Waals surface area contributed by atoms with E-state index in [-0.39, 0.29) is 5.56 Å². The largest absolute Gasteiger partial charge is 0.301 e. The maximum Gasteiger partial charge on any atom is 0.263 e. The third-order valence-electron chi connectivity index (χ3n) is 3.66. The second-order valence-corrected chi connectivity index (χ2v) is 7.02. The van der Waals surface area contributed by atoms with Gasteiger partial charge >= 0.3 is 0 Å². The Kier molecular flexibility index (Phi) is 2.34. The van der Waals surface area contributed by atoms with Crippen molar-refractivity contribution in [2.45, 2.75) is 24.7 Å². The Morgan fingerprint density at radius 1 is 1.33 bits per heavy atom. The summed E-state index contributed by atoms with van der Waals surface area (Å²) in [5, 5.41) is 1.80. The van der Waals surface area contributed by atoms with Gasteiger partial charge in [0.2, 0.25) is 0 Å². The first-order chi connectivity index (χ1) is 8.74. The molecule has 0 aromatic carbocycles. The molecule has 2 aromatic rings. The van der Waals surface area contributed by atoms with Crippen LogP contribution in [0.15, 0.2) is 9.95 Å². The van der Waals surface area contributed by atoms with E-state index in [4.69, 9.17) is 0 Å². The van der Waals surface area contributed by atoms with Crippen LogP contribution < -0.4 is 5.56 Å². The lowest BCUT2D eigenvalue weighted by molar-refractivity contribution is 0.318. The van der Waals surface area contributed by atoms with E-state index in [1.165, 1.54) is 10.4 Å². The first-order valence-electron chi connectivity index (χ1n) is 6.10. The van der Waals surface area contributed by atoms with Crippen LogP contribution in [0, 0.1) is 0 Å². The number of likely N-dealkylation sites (N-methyl/N-ethyl adjacent to an activating group) is 1. The number of nitrogens with zero attached hydrogens (tertiary/aromatic N) is 3. The van der Waals surface area contributed by atoms with Crippen LogP contribution in [0.25, 0.3) is 10.2 Å². The van der Waals surface area contributed by atoms with Crippen molar-refractivity contribution in [2.75, 3.05) is 19.3 Å². The van der Waals surface area contributed by atoms with Gasteiger partial charge < -0.3 is 4.90 Å². The molecule has 0 saturated heterocycles. The SMILES string of the molecule is CN1CCc2c(sc3nc4n(c(=O)c23)CCS4)C1. The first-order valence-corrected chi connectivity index (χ1v) is 7.90. The Labute approximate surface area is 113 Å². The third-order valence-corrected chi connectivity index (χ3v) is 5.73. The van der Waals surface area contributed by atoms with Crippen molar-refractivity contribution in [3.63, 3.8) is 0 Å². The molecule has 0 spiro atoms. The van der Waals surface area contributed by atoms with E-state index in [1.54, 1.807) is 23.1 Å². The van der Waals surface area contributed by atoms with E-state index >= 15 is 0 Å². The van der Waals surface area contributed by atoms with Crippen molar-refractivity contribution >= 4 is 33.3 Å². The molecule has 94 valence electrons. The smallest absolute Gasteiger partial charge is 0.263 e. The summed E-state index contributed by atoms with van der Waals surface area (Å²) in [6.07, 6.45) is 0.981. The van der Waals surface area contributed by atoms with Gasteiger partial charge in [-0.1, -0.05) is 11.8 Å². The van der Waals surface area contributed by atoms with Crippen molar-refractivity contribution in [3.05, 3.63) is 20.8 Å². The molecular formula is C12H13N3OS2. The van der Waals surface area contributed by atoms with Gasteiger partial charge in [0.05, 0.1) is 5.39 Å². The zero-order chi connectivity index (χ0) is 12.3. The average molecular weight is 279 g/mol. The molecule has 0 bridgehead atoms. The summed E-state index contributed by atoms with van der Waals surface area (Å²) < 4.78 is 1.85. The van der Waals surface area contributed by atoms with E-state index in [0.29, 0.717) is 0 Å². The minimum absolute atomic E-state index is 0.182. The second kappa shape index (κ2) is 3.82. The molecule has 0 radical (unpaired) electrons. The monoisotopic (exact) mass is 279 g/mol. The van der Waals surface area contributed by atoms with Gasteiger partial charge in [-0.15, -0.1) is 11.3 Å². The fourth-order valence-electron chi connectivity index (χ4n) is 2.72. The van der Waals surface area contributed by atoms with Crippen LogP contribution in [0.4, 0.5) is 0 Å². The number of hydrogen-bond acceptors (Lipinski definition) is 5. The predicted molar refractivity (Wildman–Crippen MR) is 74.6 cm³/mol. The minimum Gasteiger partial charge on any atom is -0.301 e. The van der Waals surface area contributed by atoms with Gasteiger partial charge in [-0.3, -0.25) is 9.36 Å². The molecule has 0 unspecified atom stereocenters. The summed E-state index contributed by atoms with van der Waals surface area (Å²) in [5.41, 5.74) is 1.44. The molecule has 0 atom stereocenters. The van der Waals surface area contributed by atoms with Crippen LogP contribution in [-0.4, -0.2) is 33.8 Å². The number of fused-ring (bicyclic) bond motifs is 4. The number of rotatable bonds is 0. The van der Waals surface area contributed by atoms with Crippen LogP contribution in [0.5, 0.6) is 0 Å². The van der Waals surface area contributed by atoms with E-state index < -0.39 is 0 Å². The Hall–Kier alpha value is -0.850. The van der Waals surface area contributed by atoms with Gasteiger partial charge in [0.25, 0.3) is 5.56 Å². The second-order valence-electron chi connectivity index (χ2n) is 4.87. The van der Waals surface area contributed by atoms with Gasteiger partial charge in [-0.05, 0) is 19.0 Å². The highest BCUT2D eigenvalue weighted by molar-refractivity contribution is 7.99. The summed E-state index contributed by atoms with van der Waals surface area (Å²) in [5.74, 6) is 0.977. The molecule has 2 aliphatic rings. The van der Waals surface area contributed by atoms with Crippen molar-refractivity contribution in [1.29, 1.82) is 0 Å². The van der Waals surface area contributed by atoms with E-state index in [0.717, 1.165) is 47.2 Å². The van der Waals surface area contributed by atoms with Gasteiger partial charge in [-0.2, -0.15) is 0 Å². The highest BCUT2D eigenvalue weighted by Crippen LogP contribution is 2.34. The Balaban J connectivity index is 2.05. The summed E-state index contributed by atoms with van der Waals surface area (Å²) in [6.45, 7) is 2.80. The van der Waals surface area contributed by atoms with Crippen molar-refractivity contribution in [1.82, 2.24) is 14.5 Å². The molecule has 2 aliphatic heterocycles. The van der Waals surface area contributed by atoms with E-state index in [1.807, 2.05) is 4.57 Å². The molecule has 0 saturated carbocycles. The Morgan fingerprint density at radius 2 is 2.22 bits per heavy atom. The number of hydrogen-bond donors (Lipinski definition) is 0. The zero-order valence-corrected chi connectivity index (χ0v) is 11.7. The molecule has 4 rings (SSSR count). The normalized spacial score (nSPS) is 19.2. The fraction of sp³-hybridized carbons (Fsp3) is 0.500. The van der Waals surface area contributed by atoms with Crippen molar-refractivity contribution in [2.24, 2.45) is 0 Å². The maximum atomic E-state index is 12.5. The van der Waals surface area contributed by atoms with Crippen LogP contribution in [0.2, 0.25) is 0 Å². The molecule has 18 heavy (non-hydrogen) atoms. The summed E-state index contributed by atoms with van der Waals surface area (Å²) in [6, 6.07) is 0. The van der Waals surface area contributed by atoms with Gasteiger partial charge in [-0.25, -0.2) is 4.98 Å². The van der Waals surface area contributed by atoms with Crippen LogP contribution in [0.3, 0.4) is 0 Å². The molecule has 6 heteroatoms. The van der Waals surface area contributed by atoms with E-state index in [2.05, 4.69) is 16.9 Å². The molecule has 0 amide bonds. The molecule has 0 fully saturated rings. The number of thioether (sulfide) groups is 1.